The third-order valence-electron chi connectivity index (χ3n) is 6.94. The molecule has 0 unspecified atom stereocenters. The molecule has 1 aromatic rings. The maximum atomic E-state index is 12.7. The highest BCUT2D eigenvalue weighted by Crippen LogP contribution is 2.38. The normalized spacial score (nSPS) is 18.5. The fourth-order valence-electron chi connectivity index (χ4n) is 5.02. The Bertz CT molecular complexity index is 1010. The van der Waals surface area contributed by atoms with E-state index in [9.17, 15) is 13.2 Å². The minimum atomic E-state index is -3.76. The van der Waals surface area contributed by atoms with E-state index >= 15 is 0 Å². The molecule has 0 saturated carbocycles. The largest absolute Gasteiger partial charge is 0.332 e. The number of terminal acetylenes is 1. The van der Waals surface area contributed by atoms with Crippen molar-refractivity contribution in [1.29, 1.82) is 0 Å². The number of aryl methyl sites for hydroxylation is 2. The Morgan fingerprint density at radius 1 is 1.12 bits per heavy atom. The van der Waals surface area contributed by atoms with Crippen molar-refractivity contribution in [3.8, 4) is 12.3 Å². The molecular weight excluding hydrogens is 426 g/mol. The number of carbonyl (C=O) groups is 1. The molecule has 0 aromatic heterocycles. The average Bonchev–Trinajstić information content (AvgIpc) is 3.33. The second-order valence-corrected chi connectivity index (χ2v) is 11.4. The van der Waals surface area contributed by atoms with Crippen molar-refractivity contribution < 1.29 is 13.2 Å². The molecule has 9 heteroatoms. The van der Waals surface area contributed by atoms with Gasteiger partial charge >= 0.3 is 6.03 Å². The van der Waals surface area contributed by atoms with Gasteiger partial charge in [0.15, 0.2) is 0 Å². The average molecular weight is 460 g/mol. The van der Waals surface area contributed by atoms with E-state index < -0.39 is 27.0 Å². The second kappa shape index (κ2) is 9.02. The first-order valence-electron chi connectivity index (χ1n) is 11.4. The molecule has 4 rings (SSSR count). The van der Waals surface area contributed by atoms with Crippen molar-refractivity contribution in [3.05, 3.63) is 28.3 Å². The third kappa shape index (κ3) is 4.94. The summed E-state index contributed by atoms with van der Waals surface area (Å²) in [6.45, 7) is 1.30. The zero-order valence-corrected chi connectivity index (χ0v) is 19.3. The van der Waals surface area contributed by atoms with Crippen molar-refractivity contribution in [2.45, 2.75) is 68.7 Å². The van der Waals surface area contributed by atoms with Crippen LogP contribution in [0, 0.1) is 12.3 Å². The molecule has 6 N–H and O–H groups in total. The smallest absolute Gasteiger partial charge is 0.313 e. The number of anilines is 1. The van der Waals surface area contributed by atoms with E-state index in [0.29, 0.717) is 38.9 Å². The van der Waals surface area contributed by atoms with Crippen LogP contribution in [0.5, 0.6) is 0 Å². The number of nitrogens with one attached hydrogen (secondary N) is 2. The number of fused-ring (bicyclic) bond motifs is 2. The van der Waals surface area contributed by atoms with Gasteiger partial charge in [0.05, 0.1) is 5.66 Å². The molecule has 3 aliphatic rings. The molecule has 1 saturated heterocycles. The summed E-state index contributed by atoms with van der Waals surface area (Å²) < 4.78 is 27.6. The van der Waals surface area contributed by atoms with Gasteiger partial charge in [0.25, 0.3) is 0 Å². The zero-order valence-electron chi connectivity index (χ0n) is 18.5. The van der Waals surface area contributed by atoms with Gasteiger partial charge in [0, 0.05) is 31.7 Å². The van der Waals surface area contributed by atoms with Gasteiger partial charge in [-0.1, -0.05) is 6.07 Å². The fourth-order valence-corrected chi connectivity index (χ4v) is 6.31. The van der Waals surface area contributed by atoms with Crippen LogP contribution in [0.25, 0.3) is 0 Å². The molecule has 2 aliphatic carbocycles. The number of hydrogen-bond donors (Lipinski definition) is 4. The van der Waals surface area contributed by atoms with Gasteiger partial charge in [0.2, 0.25) is 10.0 Å². The zero-order chi connectivity index (χ0) is 22.9. The summed E-state index contributed by atoms with van der Waals surface area (Å²) in [5, 5.41) is 2.26. The van der Waals surface area contributed by atoms with Crippen LogP contribution < -0.4 is 21.5 Å². The highest BCUT2D eigenvalue weighted by atomic mass is 32.2. The number of amides is 2. The van der Waals surface area contributed by atoms with Crippen molar-refractivity contribution in [1.82, 2.24) is 9.62 Å². The van der Waals surface area contributed by atoms with E-state index in [4.69, 9.17) is 17.9 Å². The molecule has 0 bridgehead atoms. The molecule has 174 valence electrons. The first kappa shape index (κ1) is 23.1. The summed E-state index contributed by atoms with van der Waals surface area (Å²) in [4.78, 5) is 14.6. The van der Waals surface area contributed by atoms with Crippen molar-refractivity contribution >= 4 is 21.7 Å². The number of hydrogen-bond acceptors (Lipinski definition) is 6. The Kier molecular flexibility index (Phi) is 6.50. The number of carbonyl (C=O) groups excluding carboxylic acids is 1. The summed E-state index contributed by atoms with van der Waals surface area (Å²) in [5.41, 5.74) is 17.0. The summed E-state index contributed by atoms with van der Waals surface area (Å²) in [5.74, 6) is 2.53. The number of urea groups is 1. The minimum Gasteiger partial charge on any atom is -0.313 e. The summed E-state index contributed by atoms with van der Waals surface area (Å²) in [6.07, 6.45) is 12.8. The van der Waals surface area contributed by atoms with Crippen molar-refractivity contribution in [2.24, 2.45) is 11.5 Å². The van der Waals surface area contributed by atoms with Gasteiger partial charge < -0.3 is 21.7 Å². The van der Waals surface area contributed by atoms with Crippen LogP contribution in [0.4, 0.5) is 10.5 Å². The van der Waals surface area contributed by atoms with Gasteiger partial charge in [-0.3, -0.25) is 0 Å². The number of likely N-dealkylation sites (tertiary alicyclic amines) is 1. The fraction of sp³-hybridized carbons (Fsp3) is 0.609. The SMILES string of the molecule is C#CCCC(N)(N)CCN1CC(S(=O)(=O)NC(=O)Nc2c3c(cc4c2CCC4)CCC3)C1. The van der Waals surface area contributed by atoms with Crippen molar-refractivity contribution in [2.75, 3.05) is 25.0 Å². The van der Waals surface area contributed by atoms with Gasteiger partial charge in [-0.25, -0.2) is 17.9 Å². The molecular formula is C23H33N5O3S. The van der Waals surface area contributed by atoms with Gasteiger partial charge in [-0.05, 0) is 73.6 Å². The molecule has 0 radical (unpaired) electrons. The lowest BCUT2D eigenvalue weighted by atomic mass is 9.99. The number of nitrogens with two attached hydrogens (primary N) is 2. The Morgan fingerprint density at radius 2 is 1.75 bits per heavy atom. The minimum absolute atomic E-state index is 0.351. The number of benzene rings is 1. The number of rotatable bonds is 8. The summed E-state index contributed by atoms with van der Waals surface area (Å²) in [7, 11) is -3.76. The van der Waals surface area contributed by atoms with E-state index in [1.54, 1.807) is 0 Å². The Balaban J connectivity index is 1.31. The highest BCUT2D eigenvalue weighted by molar-refractivity contribution is 7.90. The molecule has 1 aliphatic heterocycles. The topological polar surface area (TPSA) is 131 Å². The molecule has 32 heavy (non-hydrogen) atoms. The molecule has 1 heterocycles. The second-order valence-electron chi connectivity index (χ2n) is 9.40. The van der Waals surface area contributed by atoms with Gasteiger partial charge in [0.1, 0.15) is 5.25 Å². The van der Waals surface area contributed by atoms with E-state index in [0.717, 1.165) is 44.2 Å². The van der Waals surface area contributed by atoms with Gasteiger partial charge in [-0.2, -0.15) is 0 Å². The van der Waals surface area contributed by atoms with E-state index in [-0.39, 0.29) is 0 Å². The van der Waals surface area contributed by atoms with Crippen molar-refractivity contribution in [3.63, 3.8) is 0 Å². The summed E-state index contributed by atoms with van der Waals surface area (Å²) in [6, 6.07) is 1.60. The quantitative estimate of drug-likeness (QED) is 0.342. The van der Waals surface area contributed by atoms with Gasteiger partial charge in [-0.15, -0.1) is 12.3 Å². The first-order valence-corrected chi connectivity index (χ1v) is 13.0. The predicted molar refractivity (Wildman–Crippen MR) is 126 cm³/mol. The molecule has 0 spiro atoms. The maximum absolute atomic E-state index is 12.7. The van der Waals surface area contributed by atoms with Crippen LogP contribution >= 0.6 is 0 Å². The van der Waals surface area contributed by atoms with Crippen LogP contribution in [-0.2, 0) is 35.7 Å². The standard InChI is InChI=1S/C23H33N5O3S/c1-2-3-10-23(24,25)11-12-28-14-18(15-28)32(30,31)27-22(29)26-21-19-8-4-6-16(19)13-17-7-5-9-20(17)21/h1,13,18H,3-12,14-15,24-25H2,(H2,26,27,29). The Labute approximate surface area is 190 Å². The van der Waals surface area contributed by atoms with E-state index in [2.05, 4.69) is 22.0 Å². The third-order valence-corrected chi connectivity index (χ3v) is 8.58. The lowest BCUT2D eigenvalue weighted by molar-refractivity contribution is 0.164. The molecule has 1 fully saturated rings. The molecule has 2 amide bonds. The first-order chi connectivity index (χ1) is 15.2. The molecule has 1 aromatic carbocycles. The van der Waals surface area contributed by atoms with Crippen LogP contribution in [0.2, 0.25) is 0 Å². The Hall–Kier alpha value is -2.12. The summed E-state index contributed by atoms with van der Waals surface area (Å²) >= 11 is 0. The number of nitrogens with zero attached hydrogens (tertiary/aromatic N) is 1. The lowest BCUT2D eigenvalue weighted by Gasteiger charge is -2.39. The van der Waals surface area contributed by atoms with Crippen LogP contribution in [0.15, 0.2) is 6.07 Å². The van der Waals surface area contributed by atoms with Crippen LogP contribution in [0.3, 0.4) is 0 Å². The maximum Gasteiger partial charge on any atom is 0.332 e. The van der Waals surface area contributed by atoms with E-state index in [1.165, 1.54) is 22.3 Å². The number of sulfonamides is 1. The molecule has 0 atom stereocenters. The van der Waals surface area contributed by atoms with Crippen LogP contribution in [0.1, 0.15) is 54.4 Å². The Morgan fingerprint density at radius 3 is 2.34 bits per heavy atom. The highest BCUT2D eigenvalue weighted by Gasteiger charge is 2.39. The van der Waals surface area contributed by atoms with Crippen LogP contribution in [-0.4, -0.2) is 49.9 Å². The molecule has 8 nitrogen and oxygen atoms in total. The van der Waals surface area contributed by atoms with E-state index in [1.807, 2.05) is 4.90 Å². The predicted octanol–water partition coefficient (Wildman–Crippen LogP) is 1.22. The lowest BCUT2D eigenvalue weighted by Crippen LogP contribution is -2.60. The monoisotopic (exact) mass is 459 g/mol.